The van der Waals surface area contributed by atoms with E-state index in [9.17, 15) is 0 Å². The quantitative estimate of drug-likeness (QED) is 0.614. The van der Waals surface area contributed by atoms with Crippen LogP contribution in [0.2, 0.25) is 0 Å². The van der Waals surface area contributed by atoms with Crippen LogP contribution in [0.15, 0.2) is 6.07 Å². The van der Waals surface area contributed by atoms with Gasteiger partial charge in [-0.25, -0.2) is 9.97 Å². The largest absolute Gasteiger partial charge is 0.381 e. The summed E-state index contributed by atoms with van der Waals surface area (Å²) in [6, 6.07) is 1.98. The van der Waals surface area contributed by atoms with Crippen molar-refractivity contribution in [2.75, 3.05) is 36.9 Å². The molecule has 5 nitrogen and oxygen atoms in total. The Morgan fingerprint density at radius 2 is 1.95 bits per heavy atom. The number of nitrogens with zero attached hydrogens (tertiary/aromatic N) is 2. The highest BCUT2D eigenvalue weighted by molar-refractivity contribution is 5.47. The van der Waals surface area contributed by atoms with Crippen molar-refractivity contribution in [3.63, 3.8) is 0 Å². The van der Waals surface area contributed by atoms with Crippen LogP contribution in [0.4, 0.5) is 11.6 Å². The van der Waals surface area contributed by atoms with Crippen molar-refractivity contribution in [2.24, 2.45) is 5.92 Å². The molecular formula is C16H28N4O. The Morgan fingerprint density at radius 1 is 1.19 bits per heavy atom. The zero-order valence-electron chi connectivity index (χ0n) is 13.3. The smallest absolute Gasteiger partial charge is 0.133 e. The molecule has 0 amide bonds. The second-order valence-corrected chi connectivity index (χ2v) is 5.63. The van der Waals surface area contributed by atoms with E-state index >= 15 is 0 Å². The molecule has 1 saturated carbocycles. The van der Waals surface area contributed by atoms with Gasteiger partial charge in [-0.2, -0.15) is 0 Å². The number of aryl methyl sites for hydroxylation is 1. The molecular weight excluding hydrogens is 264 g/mol. The zero-order chi connectivity index (χ0) is 14.9. The number of rotatable bonds is 11. The van der Waals surface area contributed by atoms with Gasteiger partial charge in [0, 0.05) is 38.8 Å². The fraction of sp³-hybridized carbons (Fsp3) is 0.750. The van der Waals surface area contributed by atoms with Crippen molar-refractivity contribution >= 4 is 11.6 Å². The highest BCUT2D eigenvalue weighted by Crippen LogP contribution is 2.28. The summed E-state index contributed by atoms with van der Waals surface area (Å²) in [5, 5.41) is 6.64. The monoisotopic (exact) mass is 292 g/mol. The summed E-state index contributed by atoms with van der Waals surface area (Å²) < 4.78 is 5.64. The van der Waals surface area contributed by atoms with Gasteiger partial charge in [-0.05, 0) is 38.5 Å². The molecule has 2 N–H and O–H groups in total. The molecule has 118 valence electrons. The third-order valence-corrected chi connectivity index (χ3v) is 3.43. The number of ether oxygens (including phenoxy) is 1. The molecule has 0 bridgehead atoms. The molecule has 1 aliphatic carbocycles. The first-order chi connectivity index (χ1) is 10.3. The molecule has 0 unspecified atom stereocenters. The van der Waals surface area contributed by atoms with Gasteiger partial charge in [-0.15, -0.1) is 0 Å². The summed E-state index contributed by atoms with van der Waals surface area (Å²) in [6.07, 6.45) is 5.69. The van der Waals surface area contributed by atoms with Crippen LogP contribution in [0, 0.1) is 5.92 Å². The Kier molecular flexibility index (Phi) is 6.73. The van der Waals surface area contributed by atoms with E-state index in [1.54, 1.807) is 0 Å². The van der Waals surface area contributed by atoms with E-state index in [1.807, 2.05) is 6.07 Å². The normalized spacial score (nSPS) is 14.2. The molecule has 1 fully saturated rings. The molecule has 0 radical (unpaired) electrons. The first kappa shape index (κ1) is 16.0. The lowest BCUT2D eigenvalue weighted by molar-refractivity contribution is 0.124. The van der Waals surface area contributed by atoms with Crippen LogP contribution in [0.3, 0.4) is 0 Å². The summed E-state index contributed by atoms with van der Waals surface area (Å²) in [6.45, 7) is 7.75. The van der Waals surface area contributed by atoms with Gasteiger partial charge in [-0.3, -0.25) is 0 Å². The van der Waals surface area contributed by atoms with Crippen LogP contribution in [-0.2, 0) is 11.2 Å². The second kappa shape index (κ2) is 8.82. The number of hydrogen-bond donors (Lipinski definition) is 2. The van der Waals surface area contributed by atoms with E-state index in [1.165, 1.54) is 12.8 Å². The van der Waals surface area contributed by atoms with Crippen molar-refractivity contribution in [3.05, 3.63) is 11.9 Å². The summed E-state index contributed by atoms with van der Waals surface area (Å²) in [7, 11) is 0. The second-order valence-electron chi connectivity index (χ2n) is 5.63. The molecule has 0 aromatic carbocycles. The maximum atomic E-state index is 5.64. The summed E-state index contributed by atoms with van der Waals surface area (Å²) in [5.41, 5.74) is 0. The molecule has 5 heteroatoms. The maximum Gasteiger partial charge on any atom is 0.133 e. The van der Waals surface area contributed by atoms with Gasteiger partial charge < -0.3 is 15.4 Å². The molecule has 0 aliphatic heterocycles. The lowest BCUT2D eigenvalue weighted by atomic mass is 10.3. The average molecular weight is 292 g/mol. The molecule has 1 aliphatic rings. The van der Waals surface area contributed by atoms with E-state index in [0.29, 0.717) is 0 Å². The highest BCUT2D eigenvalue weighted by Gasteiger charge is 2.20. The molecule has 21 heavy (non-hydrogen) atoms. The number of anilines is 2. The van der Waals surface area contributed by atoms with Crippen LogP contribution in [0.5, 0.6) is 0 Å². The predicted octanol–water partition coefficient (Wildman–Crippen LogP) is 3.09. The first-order valence-corrected chi connectivity index (χ1v) is 8.25. The number of nitrogens with one attached hydrogen (secondary N) is 2. The lowest BCUT2D eigenvalue weighted by Crippen LogP contribution is -2.11. The first-order valence-electron chi connectivity index (χ1n) is 8.25. The molecule has 1 heterocycles. The minimum Gasteiger partial charge on any atom is -0.381 e. The van der Waals surface area contributed by atoms with Gasteiger partial charge in [0.2, 0.25) is 0 Å². The van der Waals surface area contributed by atoms with Crippen LogP contribution >= 0.6 is 0 Å². The third kappa shape index (κ3) is 6.29. The van der Waals surface area contributed by atoms with Crippen LogP contribution in [0.1, 0.15) is 45.4 Å². The Hall–Kier alpha value is -1.36. The van der Waals surface area contributed by atoms with Crippen LogP contribution in [0.25, 0.3) is 0 Å². The van der Waals surface area contributed by atoms with E-state index in [2.05, 4.69) is 34.4 Å². The predicted molar refractivity (Wildman–Crippen MR) is 86.8 cm³/mol. The highest BCUT2D eigenvalue weighted by atomic mass is 16.5. The molecule has 2 rings (SSSR count). The van der Waals surface area contributed by atoms with Gasteiger partial charge in [0.1, 0.15) is 17.5 Å². The SMILES string of the molecule is CCCc1nc(NCC)cc(NCCCOCC2CC2)n1. The van der Waals surface area contributed by atoms with Gasteiger partial charge in [0.25, 0.3) is 0 Å². The maximum absolute atomic E-state index is 5.64. The van der Waals surface area contributed by atoms with Crippen molar-refractivity contribution < 1.29 is 4.74 Å². The lowest BCUT2D eigenvalue weighted by Gasteiger charge is -2.10. The van der Waals surface area contributed by atoms with E-state index in [-0.39, 0.29) is 0 Å². The van der Waals surface area contributed by atoms with Crippen LogP contribution in [-0.4, -0.2) is 36.3 Å². The van der Waals surface area contributed by atoms with Gasteiger partial charge >= 0.3 is 0 Å². The molecule has 0 saturated heterocycles. The van der Waals surface area contributed by atoms with Crippen molar-refractivity contribution in [1.29, 1.82) is 0 Å². The number of hydrogen-bond acceptors (Lipinski definition) is 5. The zero-order valence-corrected chi connectivity index (χ0v) is 13.3. The Bertz CT molecular complexity index is 396. The fourth-order valence-electron chi connectivity index (χ4n) is 2.12. The van der Waals surface area contributed by atoms with E-state index in [0.717, 1.165) is 68.9 Å². The standard InChI is InChI=1S/C16H28N4O/c1-3-6-14-19-15(17-4-2)11-16(20-14)18-9-5-10-21-12-13-7-8-13/h11,13H,3-10,12H2,1-2H3,(H2,17,18,19,20). The fourth-order valence-corrected chi connectivity index (χ4v) is 2.12. The minimum absolute atomic E-state index is 0.830. The van der Waals surface area contributed by atoms with Gasteiger partial charge in [-0.1, -0.05) is 6.92 Å². The topological polar surface area (TPSA) is 59.1 Å². The van der Waals surface area contributed by atoms with Gasteiger partial charge in [0.15, 0.2) is 0 Å². The molecule has 1 aromatic rings. The van der Waals surface area contributed by atoms with Crippen molar-refractivity contribution in [1.82, 2.24) is 9.97 Å². The summed E-state index contributed by atoms with van der Waals surface area (Å²) in [4.78, 5) is 9.07. The van der Waals surface area contributed by atoms with E-state index in [4.69, 9.17) is 4.74 Å². The average Bonchev–Trinajstić information content (AvgIpc) is 3.27. The summed E-state index contributed by atoms with van der Waals surface area (Å²) >= 11 is 0. The minimum atomic E-state index is 0.830. The molecule has 1 aromatic heterocycles. The van der Waals surface area contributed by atoms with Crippen molar-refractivity contribution in [2.45, 2.75) is 46.0 Å². The number of aromatic nitrogens is 2. The third-order valence-electron chi connectivity index (χ3n) is 3.43. The Morgan fingerprint density at radius 3 is 2.62 bits per heavy atom. The Labute approximate surface area is 127 Å². The van der Waals surface area contributed by atoms with E-state index < -0.39 is 0 Å². The Balaban J connectivity index is 1.74. The van der Waals surface area contributed by atoms with Gasteiger partial charge in [0.05, 0.1) is 0 Å². The van der Waals surface area contributed by atoms with Crippen LogP contribution < -0.4 is 10.6 Å². The van der Waals surface area contributed by atoms with Crippen molar-refractivity contribution in [3.8, 4) is 0 Å². The molecule has 0 atom stereocenters. The molecule has 0 spiro atoms. The summed E-state index contributed by atoms with van der Waals surface area (Å²) in [5.74, 6) is 3.57.